The van der Waals surface area contributed by atoms with Gasteiger partial charge in [0.05, 0.1) is 0 Å². The van der Waals surface area contributed by atoms with Gasteiger partial charge >= 0.3 is 0 Å². The van der Waals surface area contributed by atoms with Crippen LogP contribution in [0.15, 0.2) is 24.3 Å². The molecule has 2 saturated carbocycles. The minimum atomic E-state index is 0.514. The molecule has 3 rings (SSSR count). The first-order valence-corrected chi connectivity index (χ1v) is 5.75. The zero-order valence-corrected chi connectivity index (χ0v) is 8.21. The van der Waals surface area contributed by atoms with E-state index in [2.05, 4.69) is 24.3 Å². The Balaban J connectivity index is 1.83. The minimum Gasteiger partial charge on any atom is -0.0745 e. The smallest absolute Gasteiger partial charge is 0.00726 e. The topological polar surface area (TPSA) is 0 Å². The highest BCUT2D eigenvalue weighted by atomic mass is 14.5. The number of hydrogen-bond donors (Lipinski definition) is 0. The molecule has 0 aromatic rings. The lowest BCUT2D eigenvalue weighted by Crippen LogP contribution is -2.12. The first kappa shape index (κ1) is 7.84. The van der Waals surface area contributed by atoms with E-state index in [1.54, 1.807) is 0 Å². The van der Waals surface area contributed by atoms with Crippen LogP contribution < -0.4 is 0 Å². The second-order valence-corrected chi connectivity index (χ2v) is 5.16. The van der Waals surface area contributed by atoms with Gasteiger partial charge in [0.25, 0.3) is 0 Å². The molecule has 2 unspecified atom stereocenters. The molecular weight excluding hydrogens is 156 g/mol. The van der Waals surface area contributed by atoms with Gasteiger partial charge in [0.1, 0.15) is 0 Å². The molecule has 0 aromatic heterocycles. The Morgan fingerprint density at radius 1 is 0.846 bits per heavy atom. The molecule has 0 heteroatoms. The van der Waals surface area contributed by atoms with E-state index in [4.69, 9.17) is 0 Å². The molecule has 2 fully saturated rings. The lowest BCUT2D eigenvalue weighted by Gasteiger charge is -2.24. The Kier molecular flexibility index (Phi) is 1.65. The second kappa shape index (κ2) is 2.73. The van der Waals surface area contributed by atoms with Gasteiger partial charge in [-0.1, -0.05) is 50.0 Å². The van der Waals surface area contributed by atoms with Gasteiger partial charge in [0, 0.05) is 5.41 Å². The van der Waals surface area contributed by atoms with Crippen LogP contribution in [0.5, 0.6) is 0 Å². The summed E-state index contributed by atoms with van der Waals surface area (Å²) >= 11 is 0. The zero-order chi connectivity index (χ0) is 8.73. The van der Waals surface area contributed by atoms with Crippen LogP contribution in [0.4, 0.5) is 0 Å². The Morgan fingerprint density at radius 2 is 1.38 bits per heavy atom. The van der Waals surface area contributed by atoms with Gasteiger partial charge in [-0.15, -0.1) is 0 Å². The van der Waals surface area contributed by atoms with Crippen molar-refractivity contribution in [2.75, 3.05) is 0 Å². The predicted molar refractivity (Wildman–Crippen MR) is 55.4 cm³/mol. The Morgan fingerprint density at radius 3 is 1.92 bits per heavy atom. The molecule has 0 N–H and O–H groups in total. The van der Waals surface area contributed by atoms with Crippen LogP contribution in [-0.2, 0) is 0 Å². The van der Waals surface area contributed by atoms with E-state index >= 15 is 0 Å². The van der Waals surface area contributed by atoms with E-state index in [0.29, 0.717) is 5.41 Å². The number of fused-ring (bicyclic) bond motifs is 1. The van der Waals surface area contributed by atoms with Gasteiger partial charge in [-0.25, -0.2) is 0 Å². The van der Waals surface area contributed by atoms with Crippen molar-refractivity contribution in [1.29, 1.82) is 0 Å². The standard InChI is InChI=1S/C13H18/c1-2-6-12-10-13(7-3-4-8-13)9-11(12)5-1/h3-4,7-8,11-12H,1-2,5-6,9-10H2. The van der Waals surface area contributed by atoms with Gasteiger partial charge < -0.3 is 0 Å². The SMILES string of the molecule is C1=CC2(C=C1)CC1CCCCC1C2. The molecule has 0 heterocycles. The Labute approximate surface area is 80.7 Å². The lowest BCUT2D eigenvalue weighted by molar-refractivity contribution is 0.277. The molecule has 13 heavy (non-hydrogen) atoms. The van der Waals surface area contributed by atoms with Gasteiger partial charge in [0.15, 0.2) is 0 Å². The first-order chi connectivity index (χ1) is 6.38. The molecule has 0 nitrogen and oxygen atoms in total. The molecule has 0 aromatic carbocycles. The van der Waals surface area contributed by atoms with Gasteiger partial charge in [0.2, 0.25) is 0 Å². The molecule has 70 valence electrons. The predicted octanol–water partition coefficient (Wildman–Crippen LogP) is 3.70. The average molecular weight is 174 g/mol. The van der Waals surface area contributed by atoms with Crippen LogP contribution in [0.25, 0.3) is 0 Å². The molecule has 3 aliphatic carbocycles. The van der Waals surface area contributed by atoms with Crippen molar-refractivity contribution < 1.29 is 0 Å². The second-order valence-electron chi connectivity index (χ2n) is 5.16. The molecule has 1 spiro atoms. The van der Waals surface area contributed by atoms with Crippen LogP contribution in [0.1, 0.15) is 38.5 Å². The van der Waals surface area contributed by atoms with E-state index in [1.807, 2.05) is 0 Å². The van der Waals surface area contributed by atoms with Crippen molar-refractivity contribution >= 4 is 0 Å². The highest BCUT2D eigenvalue weighted by Gasteiger charge is 2.43. The van der Waals surface area contributed by atoms with Crippen molar-refractivity contribution in [3.8, 4) is 0 Å². The molecule has 0 saturated heterocycles. The minimum absolute atomic E-state index is 0.514. The lowest BCUT2D eigenvalue weighted by atomic mass is 9.82. The van der Waals surface area contributed by atoms with Crippen molar-refractivity contribution in [1.82, 2.24) is 0 Å². The Bertz CT molecular complexity index is 231. The van der Waals surface area contributed by atoms with Crippen LogP contribution in [0.3, 0.4) is 0 Å². The summed E-state index contributed by atoms with van der Waals surface area (Å²) in [5, 5.41) is 0. The van der Waals surface area contributed by atoms with Crippen molar-refractivity contribution in [2.45, 2.75) is 38.5 Å². The van der Waals surface area contributed by atoms with Crippen LogP contribution in [-0.4, -0.2) is 0 Å². The van der Waals surface area contributed by atoms with Gasteiger partial charge in [-0.05, 0) is 24.7 Å². The molecule has 0 radical (unpaired) electrons. The van der Waals surface area contributed by atoms with Crippen LogP contribution in [0.2, 0.25) is 0 Å². The fourth-order valence-electron chi connectivity index (χ4n) is 3.70. The van der Waals surface area contributed by atoms with Gasteiger partial charge in [-0.3, -0.25) is 0 Å². The van der Waals surface area contributed by atoms with E-state index < -0.39 is 0 Å². The number of allylic oxidation sites excluding steroid dienone is 4. The highest BCUT2D eigenvalue weighted by molar-refractivity contribution is 5.27. The van der Waals surface area contributed by atoms with Crippen molar-refractivity contribution in [2.24, 2.45) is 17.3 Å². The Hall–Kier alpha value is -0.520. The summed E-state index contributed by atoms with van der Waals surface area (Å²) in [5.41, 5.74) is 0.514. The summed E-state index contributed by atoms with van der Waals surface area (Å²) in [6, 6.07) is 0. The van der Waals surface area contributed by atoms with Crippen molar-refractivity contribution in [3.63, 3.8) is 0 Å². The maximum absolute atomic E-state index is 2.45. The van der Waals surface area contributed by atoms with Crippen LogP contribution >= 0.6 is 0 Å². The number of hydrogen-bond acceptors (Lipinski definition) is 0. The fraction of sp³-hybridized carbons (Fsp3) is 0.692. The maximum Gasteiger partial charge on any atom is 0.00726 e. The average Bonchev–Trinajstić information content (AvgIpc) is 2.72. The summed E-state index contributed by atoms with van der Waals surface area (Å²) in [4.78, 5) is 0. The largest absolute Gasteiger partial charge is 0.0745 e. The third-order valence-corrected chi connectivity index (χ3v) is 4.32. The van der Waals surface area contributed by atoms with Crippen LogP contribution in [0, 0.1) is 17.3 Å². The monoisotopic (exact) mass is 174 g/mol. The summed E-state index contributed by atoms with van der Waals surface area (Å²) in [5.74, 6) is 2.11. The molecule has 0 aliphatic heterocycles. The van der Waals surface area contributed by atoms with Crippen molar-refractivity contribution in [3.05, 3.63) is 24.3 Å². The summed E-state index contributed by atoms with van der Waals surface area (Å²) in [6.07, 6.45) is 18.3. The number of rotatable bonds is 0. The summed E-state index contributed by atoms with van der Waals surface area (Å²) in [7, 11) is 0. The maximum atomic E-state index is 2.45. The fourth-order valence-corrected chi connectivity index (χ4v) is 3.70. The quantitative estimate of drug-likeness (QED) is 0.525. The zero-order valence-electron chi connectivity index (χ0n) is 8.21. The molecule has 3 aliphatic rings. The normalized spacial score (nSPS) is 40.0. The molecule has 0 bridgehead atoms. The van der Waals surface area contributed by atoms with E-state index in [-0.39, 0.29) is 0 Å². The summed E-state index contributed by atoms with van der Waals surface area (Å²) < 4.78 is 0. The van der Waals surface area contributed by atoms with Gasteiger partial charge in [-0.2, -0.15) is 0 Å². The molecular formula is C13H18. The summed E-state index contributed by atoms with van der Waals surface area (Å²) in [6.45, 7) is 0. The third-order valence-electron chi connectivity index (χ3n) is 4.32. The van der Waals surface area contributed by atoms with E-state index in [9.17, 15) is 0 Å². The van der Waals surface area contributed by atoms with E-state index in [0.717, 1.165) is 11.8 Å². The molecule has 2 atom stereocenters. The van der Waals surface area contributed by atoms with E-state index in [1.165, 1.54) is 38.5 Å². The third kappa shape index (κ3) is 1.19. The first-order valence-electron chi connectivity index (χ1n) is 5.75. The molecule has 0 amide bonds. The highest BCUT2D eigenvalue weighted by Crippen LogP contribution is 2.54.